The molecule has 0 fully saturated rings. The maximum Gasteiger partial charge on any atom is 0.327 e. The molecule has 1 unspecified atom stereocenters. The van der Waals surface area contributed by atoms with Crippen molar-refractivity contribution in [3.63, 3.8) is 0 Å². The van der Waals surface area contributed by atoms with E-state index in [9.17, 15) is 4.79 Å². The summed E-state index contributed by atoms with van der Waals surface area (Å²) in [6.07, 6.45) is 5.17. The van der Waals surface area contributed by atoms with Crippen LogP contribution in [0.3, 0.4) is 0 Å². The molecule has 7 nitrogen and oxygen atoms in total. The highest BCUT2D eigenvalue weighted by molar-refractivity contribution is 5.77. The van der Waals surface area contributed by atoms with Crippen molar-refractivity contribution in [3.8, 4) is 18.0 Å². The Morgan fingerprint density at radius 1 is 1.47 bits per heavy atom. The second kappa shape index (κ2) is 5.64. The van der Waals surface area contributed by atoms with E-state index in [1.54, 1.807) is 12.1 Å². The first-order chi connectivity index (χ1) is 9.22. The van der Waals surface area contributed by atoms with Gasteiger partial charge in [0.25, 0.3) is 0 Å². The maximum atomic E-state index is 11.0. The molecule has 1 aromatic carbocycles. The van der Waals surface area contributed by atoms with Crippen molar-refractivity contribution in [1.29, 1.82) is 0 Å². The van der Waals surface area contributed by atoms with Gasteiger partial charge in [0, 0.05) is 6.42 Å². The maximum absolute atomic E-state index is 11.0. The van der Waals surface area contributed by atoms with Crippen molar-refractivity contribution in [2.24, 2.45) is 0 Å². The molecule has 19 heavy (non-hydrogen) atoms. The van der Waals surface area contributed by atoms with Crippen LogP contribution < -0.4 is 5.32 Å². The van der Waals surface area contributed by atoms with Gasteiger partial charge in [0.05, 0.1) is 5.69 Å². The minimum absolute atomic E-state index is 0.0387. The molecule has 1 atom stereocenters. The number of para-hydroxylation sites is 1. The molecule has 1 aromatic heterocycles. The van der Waals surface area contributed by atoms with E-state index >= 15 is 0 Å². The first-order valence-electron chi connectivity index (χ1n) is 5.49. The van der Waals surface area contributed by atoms with Gasteiger partial charge in [-0.25, -0.2) is 4.79 Å². The van der Waals surface area contributed by atoms with Crippen LogP contribution in [0.4, 0.5) is 5.95 Å². The van der Waals surface area contributed by atoms with Gasteiger partial charge in [-0.1, -0.05) is 23.3 Å². The van der Waals surface area contributed by atoms with Gasteiger partial charge in [-0.05, 0) is 22.6 Å². The number of carboxylic acids is 1. The van der Waals surface area contributed by atoms with Crippen LogP contribution in [0.2, 0.25) is 0 Å². The van der Waals surface area contributed by atoms with Crippen LogP contribution in [-0.4, -0.2) is 37.3 Å². The molecule has 0 aliphatic carbocycles. The molecule has 1 heterocycles. The van der Waals surface area contributed by atoms with Gasteiger partial charge in [-0.3, -0.25) is 0 Å². The number of rotatable bonds is 5. The van der Waals surface area contributed by atoms with Crippen molar-refractivity contribution >= 4 is 11.9 Å². The fraction of sp³-hybridized carbons (Fsp3) is 0.167. The molecule has 0 aliphatic heterocycles. The standard InChI is InChI=1S/C12H11N5O2/c1-2-6-10(11(18)19)13-12-14-15-16-17(12)9-7-4-3-5-8-9/h1,3-5,7-8,10H,6H2,(H,18,19)(H,13,14,16). The van der Waals surface area contributed by atoms with Crippen LogP contribution in [0, 0.1) is 12.3 Å². The third-order valence-corrected chi connectivity index (χ3v) is 2.39. The van der Waals surface area contributed by atoms with Gasteiger partial charge >= 0.3 is 5.97 Å². The summed E-state index contributed by atoms with van der Waals surface area (Å²) in [6.45, 7) is 0. The topological polar surface area (TPSA) is 92.9 Å². The monoisotopic (exact) mass is 257 g/mol. The van der Waals surface area contributed by atoms with E-state index in [1.165, 1.54) is 4.68 Å². The number of nitrogens with zero attached hydrogens (tertiary/aromatic N) is 4. The third kappa shape index (κ3) is 2.87. The summed E-state index contributed by atoms with van der Waals surface area (Å²) < 4.78 is 1.41. The molecule has 0 aliphatic rings. The van der Waals surface area contributed by atoms with Crippen molar-refractivity contribution < 1.29 is 9.90 Å². The van der Waals surface area contributed by atoms with E-state index in [0.717, 1.165) is 5.69 Å². The molecular formula is C12H11N5O2. The molecule has 0 saturated heterocycles. The molecule has 2 N–H and O–H groups in total. The number of aliphatic carboxylic acids is 1. The van der Waals surface area contributed by atoms with Crippen molar-refractivity contribution in [1.82, 2.24) is 20.2 Å². The first kappa shape index (κ1) is 12.6. The lowest BCUT2D eigenvalue weighted by molar-refractivity contribution is -0.137. The van der Waals surface area contributed by atoms with Gasteiger partial charge < -0.3 is 10.4 Å². The average molecular weight is 257 g/mol. The van der Waals surface area contributed by atoms with Crippen LogP contribution in [0.1, 0.15) is 6.42 Å². The number of carboxylic acid groups (broad SMARTS) is 1. The second-order valence-electron chi connectivity index (χ2n) is 3.69. The Morgan fingerprint density at radius 3 is 2.84 bits per heavy atom. The Kier molecular flexibility index (Phi) is 3.73. The molecule has 0 radical (unpaired) electrons. The fourth-order valence-electron chi connectivity index (χ4n) is 1.49. The van der Waals surface area contributed by atoms with Gasteiger partial charge in [-0.2, -0.15) is 4.68 Å². The van der Waals surface area contributed by atoms with Crippen LogP contribution in [0.15, 0.2) is 30.3 Å². The van der Waals surface area contributed by atoms with Gasteiger partial charge in [0.2, 0.25) is 5.95 Å². The Labute approximate surface area is 109 Å². The van der Waals surface area contributed by atoms with Crippen molar-refractivity contribution in [2.45, 2.75) is 12.5 Å². The van der Waals surface area contributed by atoms with Crippen molar-refractivity contribution in [3.05, 3.63) is 30.3 Å². The third-order valence-electron chi connectivity index (χ3n) is 2.39. The summed E-state index contributed by atoms with van der Waals surface area (Å²) >= 11 is 0. The number of tetrazole rings is 1. The first-order valence-corrected chi connectivity index (χ1v) is 5.49. The summed E-state index contributed by atoms with van der Waals surface area (Å²) in [5.41, 5.74) is 0.722. The van der Waals surface area contributed by atoms with E-state index < -0.39 is 12.0 Å². The lowest BCUT2D eigenvalue weighted by Crippen LogP contribution is -2.30. The van der Waals surface area contributed by atoms with Crippen LogP contribution in [-0.2, 0) is 4.79 Å². The van der Waals surface area contributed by atoms with Gasteiger partial charge in [-0.15, -0.1) is 12.3 Å². The smallest absolute Gasteiger partial charge is 0.327 e. The number of nitrogens with one attached hydrogen (secondary N) is 1. The van der Waals surface area contributed by atoms with Crippen LogP contribution in [0.5, 0.6) is 0 Å². The predicted octanol–water partition coefficient (Wildman–Crippen LogP) is 0.551. The second-order valence-corrected chi connectivity index (χ2v) is 3.69. The summed E-state index contributed by atoms with van der Waals surface area (Å²) in [5.74, 6) is 1.47. The number of aromatic nitrogens is 4. The quantitative estimate of drug-likeness (QED) is 0.760. The number of hydrogen-bond acceptors (Lipinski definition) is 5. The zero-order valence-electron chi connectivity index (χ0n) is 9.89. The molecule has 7 heteroatoms. The van der Waals surface area contributed by atoms with E-state index in [1.807, 2.05) is 18.2 Å². The fourth-order valence-corrected chi connectivity index (χ4v) is 1.49. The highest BCUT2D eigenvalue weighted by atomic mass is 16.4. The summed E-state index contributed by atoms with van der Waals surface area (Å²) in [6, 6.07) is 8.20. The zero-order chi connectivity index (χ0) is 13.7. The number of carbonyl (C=O) groups is 1. The van der Waals surface area contributed by atoms with Gasteiger partial charge in [0.1, 0.15) is 6.04 Å². The van der Waals surface area contributed by atoms with E-state index in [-0.39, 0.29) is 12.4 Å². The molecule has 0 saturated carbocycles. The Bertz CT molecular complexity index is 602. The number of terminal acetylenes is 1. The van der Waals surface area contributed by atoms with Crippen molar-refractivity contribution in [2.75, 3.05) is 5.32 Å². The largest absolute Gasteiger partial charge is 0.480 e. The Hall–Kier alpha value is -2.88. The van der Waals surface area contributed by atoms with Crippen LogP contribution in [0.25, 0.3) is 5.69 Å². The number of hydrogen-bond donors (Lipinski definition) is 2. The Morgan fingerprint density at radius 2 is 2.21 bits per heavy atom. The molecule has 2 aromatic rings. The Balaban J connectivity index is 2.25. The summed E-state index contributed by atoms with van der Waals surface area (Å²) in [5, 5.41) is 22.8. The molecule has 0 bridgehead atoms. The van der Waals surface area contributed by atoms with Crippen LogP contribution >= 0.6 is 0 Å². The minimum atomic E-state index is -1.06. The number of benzene rings is 1. The average Bonchev–Trinajstić information content (AvgIpc) is 2.87. The predicted molar refractivity (Wildman–Crippen MR) is 67.7 cm³/mol. The lowest BCUT2D eigenvalue weighted by Gasteiger charge is -2.12. The molecule has 0 spiro atoms. The summed E-state index contributed by atoms with van der Waals surface area (Å²) in [4.78, 5) is 11.0. The molecule has 2 rings (SSSR count). The van der Waals surface area contributed by atoms with Gasteiger partial charge in [0.15, 0.2) is 0 Å². The highest BCUT2D eigenvalue weighted by Gasteiger charge is 2.19. The van der Waals surface area contributed by atoms with E-state index in [0.29, 0.717) is 0 Å². The lowest BCUT2D eigenvalue weighted by atomic mass is 10.2. The van der Waals surface area contributed by atoms with E-state index in [2.05, 4.69) is 26.8 Å². The normalized spacial score (nSPS) is 11.5. The van der Waals surface area contributed by atoms with E-state index in [4.69, 9.17) is 11.5 Å². The minimum Gasteiger partial charge on any atom is -0.480 e. The molecule has 0 amide bonds. The molecule has 96 valence electrons. The SMILES string of the molecule is C#CCC(Nc1nnnn1-c1ccccc1)C(=O)O. The highest BCUT2D eigenvalue weighted by Crippen LogP contribution is 2.12. The summed E-state index contributed by atoms with van der Waals surface area (Å²) in [7, 11) is 0. The zero-order valence-corrected chi connectivity index (χ0v) is 9.89. The number of anilines is 1. The molecular weight excluding hydrogens is 246 g/mol.